The number of hydrogen-bond donors (Lipinski definition) is 6. The van der Waals surface area contributed by atoms with E-state index in [-0.39, 0.29) is 44.1 Å². The van der Waals surface area contributed by atoms with Crippen molar-refractivity contribution in [3.05, 3.63) is 11.6 Å². The number of carbonyl (C=O) groups excluding carboxylic acids is 2. The molecule has 6 aliphatic rings. The molecular weight excluding hydrogens is 524 g/mol. The van der Waals surface area contributed by atoms with Crippen molar-refractivity contribution >= 4 is 12.3 Å². The maximum Gasteiger partial charge on any atom is 0.331 e. The minimum Gasteiger partial charge on any atom is -0.458 e. The smallest absolute Gasteiger partial charge is 0.331 e. The molecular formula is C29H42O11. The lowest BCUT2D eigenvalue weighted by atomic mass is 9.41. The summed E-state index contributed by atoms with van der Waals surface area (Å²) < 4.78 is 16.8. The Hall–Kier alpha value is -1.44. The van der Waals surface area contributed by atoms with Crippen molar-refractivity contribution < 1.29 is 54.4 Å². The lowest BCUT2D eigenvalue weighted by Crippen LogP contribution is -2.71. The Morgan fingerprint density at radius 1 is 1.00 bits per heavy atom. The van der Waals surface area contributed by atoms with Gasteiger partial charge in [-0.3, -0.25) is 0 Å². The summed E-state index contributed by atoms with van der Waals surface area (Å²) in [6.07, 6.45) is -2.70. The number of aliphatic hydroxyl groups excluding tert-OH is 4. The van der Waals surface area contributed by atoms with E-state index in [1.165, 1.54) is 6.08 Å². The summed E-state index contributed by atoms with van der Waals surface area (Å²) in [5.41, 5.74) is -4.09. The van der Waals surface area contributed by atoms with E-state index in [1.54, 1.807) is 6.92 Å². The van der Waals surface area contributed by atoms with Crippen LogP contribution in [0.2, 0.25) is 0 Å². The van der Waals surface area contributed by atoms with Gasteiger partial charge in [0.15, 0.2) is 6.29 Å². The highest BCUT2D eigenvalue weighted by atomic mass is 16.7. The SMILES string of the molecule is C[C@@H]1O[C@H](O[C@H]2CC[C@]3(C=O)[C@H]4C[C@@H](O)[C@]5(C)[C@@H](C6=CC(=O)OC6)CC[C@]5(O)[C@@H]4CC[C@]3(O)C2)[C@H](O)[C@@H](O)[C@H]1O. The Kier molecular flexibility index (Phi) is 6.83. The number of carbonyl (C=O) groups is 2. The van der Waals surface area contributed by atoms with Crippen LogP contribution in [0.15, 0.2) is 11.6 Å². The van der Waals surface area contributed by atoms with Gasteiger partial charge in [0, 0.05) is 17.9 Å². The molecule has 0 bridgehead atoms. The number of ether oxygens (including phenoxy) is 3. The zero-order valence-electron chi connectivity index (χ0n) is 23.0. The molecule has 6 N–H and O–H groups in total. The Morgan fingerprint density at radius 2 is 1.75 bits per heavy atom. The second kappa shape index (κ2) is 9.54. The molecule has 11 nitrogen and oxygen atoms in total. The van der Waals surface area contributed by atoms with Gasteiger partial charge in [-0.05, 0) is 75.2 Å². The lowest BCUT2D eigenvalue weighted by Gasteiger charge is -2.66. The molecule has 2 aliphatic heterocycles. The molecule has 0 amide bonds. The zero-order valence-corrected chi connectivity index (χ0v) is 23.0. The first-order valence-electron chi connectivity index (χ1n) is 14.6. The van der Waals surface area contributed by atoms with Gasteiger partial charge in [-0.2, -0.15) is 0 Å². The first kappa shape index (κ1) is 28.7. The van der Waals surface area contributed by atoms with Crippen molar-refractivity contribution in [1.82, 2.24) is 0 Å². The summed E-state index contributed by atoms with van der Waals surface area (Å²) >= 11 is 0. The third-order valence-electron chi connectivity index (χ3n) is 12.1. The van der Waals surface area contributed by atoms with Gasteiger partial charge in [0.2, 0.25) is 0 Å². The quantitative estimate of drug-likeness (QED) is 0.149. The molecule has 40 heavy (non-hydrogen) atoms. The van der Waals surface area contributed by atoms with Gasteiger partial charge in [0.05, 0.1) is 34.9 Å². The molecule has 0 spiro atoms. The molecule has 0 aromatic rings. The van der Waals surface area contributed by atoms with Gasteiger partial charge >= 0.3 is 5.97 Å². The largest absolute Gasteiger partial charge is 0.458 e. The van der Waals surface area contributed by atoms with Crippen LogP contribution in [0.3, 0.4) is 0 Å². The first-order valence-corrected chi connectivity index (χ1v) is 14.6. The van der Waals surface area contributed by atoms with E-state index in [1.807, 2.05) is 6.92 Å². The van der Waals surface area contributed by atoms with E-state index in [2.05, 4.69) is 0 Å². The highest BCUT2D eigenvalue weighted by molar-refractivity contribution is 5.85. The van der Waals surface area contributed by atoms with E-state index < -0.39 is 76.8 Å². The van der Waals surface area contributed by atoms with E-state index in [0.717, 1.165) is 11.9 Å². The van der Waals surface area contributed by atoms with Crippen LogP contribution < -0.4 is 0 Å². The first-order chi connectivity index (χ1) is 18.8. The Balaban J connectivity index is 1.25. The second-order valence-corrected chi connectivity index (χ2v) is 13.5. The molecule has 5 fully saturated rings. The molecule has 2 heterocycles. The summed E-state index contributed by atoms with van der Waals surface area (Å²) in [7, 11) is 0. The standard InChI is InChI=1S/C29H42O11/c1-14-22(33)23(34)24(35)25(39-14)40-16-3-6-27(13-30)19-10-20(31)26(2)17(15-9-21(32)38-12-15)5-8-29(26,37)18(19)4-7-28(27,36)11-16/h9,13-14,16-20,22-25,31,33-37H,3-8,10-12H2,1-2H3/t14-,16-,17+,18+,19-,20+,22-,23-,24+,25+,26-,27-,28-,29-/m0/s1. The zero-order chi connectivity index (χ0) is 28.8. The fraction of sp³-hybridized carbons (Fsp3) is 0.862. The van der Waals surface area contributed by atoms with Crippen molar-refractivity contribution in [2.75, 3.05) is 6.61 Å². The molecule has 4 saturated carbocycles. The van der Waals surface area contributed by atoms with Crippen LogP contribution in [0.25, 0.3) is 0 Å². The molecule has 0 radical (unpaired) electrons. The Labute approximate surface area is 233 Å². The Bertz CT molecular complexity index is 1080. The molecule has 14 atom stereocenters. The summed E-state index contributed by atoms with van der Waals surface area (Å²) in [5.74, 6) is -1.42. The fourth-order valence-electron chi connectivity index (χ4n) is 9.74. The number of aldehydes is 1. The molecule has 0 unspecified atom stereocenters. The maximum atomic E-state index is 13.0. The molecule has 0 aromatic heterocycles. The van der Waals surface area contributed by atoms with Crippen LogP contribution in [0, 0.1) is 28.6 Å². The summed E-state index contributed by atoms with van der Waals surface area (Å²) in [6.45, 7) is 3.61. The van der Waals surface area contributed by atoms with E-state index in [9.17, 15) is 40.2 Å². The number of aliphatic hydroxyl groups is 6. The minimum atomic E-state index is -1.47. The number of cyclic esters (lactones) is 1. The van der Waals surface area contributed by atoms with E-state index in [0.29, 0.717) is 25.7 Å². The maximum absolute atomic E-state index is 13.0. The molecule has 6 rings (SSSR count). The third-order valence-corrected chi connectivity index (χ3v) is 12.1. The predicted molar refractivity (Wildman–Crippen MR) is 136 cm³/mol. The molecule has 0 aromatic carbocycles. The topological polar surface area (TPSA) is 183 Å². The van der Waals surface area contributed by atoms with Gasteiger partial charge in [-0.1, -0.05) is 6.92 Å². The predicted octanol–water partition coefficient (Wildman–Crippen LogP) is -0.279. The molecule has 224 valence electrons. The summed E-state index contributed by atoms with van der Waals surface area (Å²) in [5, 5.41) is 66.7. The Morgan fingerprint density at radius 3 is 2.42 bits per heavy atom. The highest BCUT2D eigenvalue weighted by Crippen LogP contribution is 2.70. The number of rotatable bonds is 4. The third kappa shape index (κ3) is 3.71. The highest BCUT2D eigenvalue weighted by Gasteiger charge is 2.74. The van der Waals surface area contributed by atoms with Crippen molar-refractivity contribution in [3.63, 3.8) is 0 Å². The van der Waals surface area contributed by atoms with E-state index in [4.69, 9.17) is 14.2 Å². The van der Waals surface area contributed by atoms with E-state index >= 15 is 0 Å². The normalized spacial score (nSPS) is 56.0. The van der Waals surface area contributed by atoms with Crippen LogP contribution in [0.4, 0.5) is 0 Å². The van der Waals surface area contributed by atoms with Crippen LogP contribution in [-0.4, -0.2) is 104 Å². The van der Waals surface area contributed by atoms with Crippen molar-refractivity contribution in [2.45, 2.75) is 119 Å². The van der Waals surface area contributed by atoms with Gasteiger partial charge in [0.1, 0.15) is 31.2 Å². The van der Waals surface area contributed by atoms with Gasteiger partial charge < -0.3 is 49.6 Å². The van der Waals surface area contributed by atoms with Crippen molar-refractivity contribution in [2.24, 2.45) is 28.6 Å². The average molecular weight is 567 g/mol. The van der Waals surface area contributed by atoms with Crippen molar-refractivity contribution in [3.8, 4) is 0 Å². The molecule has 11 heteroatoms. The second-order valence-electron chi connectivity index (χ2n) is 13.5. The summed E-state index contributed by atoms with van der Waals surface area (Å²) in [4.78, 5) is 24.8. The molecule has 1 saturated heterocycles. The van der Waals surface area contributed by atoms with Gasteiger partial charge in [-0.15, -0.1) is 0 Å². The van der Waals surface area contributed by atoms with Gasteiger partial charge in [-0.25, -0.2) is 4.79 Å². The van der Waals surface area contributed by atoms with Crippen LogP contribution in [0.5, 0.6) is 0 Å². The average Bonchev–Trinajstić information content (AvgIpc) is 3.46. The number of hydrogen-bond acceptors (Lipinski definition) is 11. The van der Waals surface area contributed by atoms with Crippen LogP contribution in [-0.2, 0) is 23.8 Å². The lowest BCUT2D eigenvalue weighted by molar-refractivity contribution is -0.319. The number of fused-ring (bicyclic) bond motifs is 5. The monoisotopic (exact) mass is 566 g/mol. The number of esters is 1. The fourth-order valence-corrected chi connectivity index (χ4v) is 9.74. The molecule has 4 aliphatic carbocycles. The summed E-state index contributed by atoms with van der Waals surface area (Å²) in [6, 6.07) is 0. The van der Waals surface area contributed by atoms with Crippen LogP contribution in [0.1, 0.15) is 65.2 Å². The van der Waals surface area contributed by atoms with Crippen molar-refractivity contribution in [1.29, 1.82) is 0 Å². The minimum absolute atomic E-state index is 0.0926. The van der Waals surface area contributed by atoms with Crippen LogP contribution >= 0.6 is 0 Å². The van der Waals surface area contributed by atoms with Gasteiger partial charge in [0.25, 0.3) is 0 Å².